The zero-order valence-electron chi connectivity index (χ0n) is 13.3. The van der Waals surface area contributed by atoms with Crippen molar-refractivity contribution in [2.24, 2.45) is 0 Å². The Hall–Kier alpha value is -2.14. The highest BCUT2D eigenvalue weighted by atomic mass is 16.3. The highest BCUT2D eigenvalue weighted by Crippen LogP contribution is 2.31. The van der Waals surface area contributed by atoms with Crippen LogP contribution in [0.2, 0.25) is 0 Å². The molecule has 1 aliphatic heterocycles. The predicted octanol–water partition coefficient (Wildman–Crippen LogP) is 1.41. The molecule has 2 rings (SSSR count). The molecule has 0 saturated carbocycles. The summed E-state index contributed by atoms with van der Waals surface area (Å²) in [6, 6.07) is 7.56. The maximum absolute atomic E-state index is 12.7. The van der Waals surface area contributed by atoms with E-state index in [-0.39, 0.29) is 18.4 Å². The Labute approximate surface area is 130 Å². The molecule has 0 fully saturated rings. The van der Waals surface area contributed by atoms with Crippen molar-refractivity contribution in [3.8, 4) is 0 Å². The molecule has 0 aliphatic carbocycles. The maximum Gasteiger partial charge on any atom is 0.277 e. The number of nitrogens with zero attached hydrogens (tertiary/aromatic N) is 2. The van der Waals surface area contributed by atoms with Crippen LogP contribution in [-0.2, 0) is 9.59 Å². The normalized spacial score (nSPS) is 15.0. The number of rotatable bonds is 6. The maximum atomic E-state index is 12.7. The third-order valence-electron chi connectivity index (χ3n) is 3.75. The molecule has 0 radical (unpaired) electrons. The summed E-state index contributed by atoms with van der Waals surface area (Å²) in [6.45, 7) is 4.55. The van der Waals surface area contributed by atoms with Crippen molar-refractivity contribution >= 4 is 17.4 Å². The number of carbonyl (C=O) groups is 2. The molecule has 1 N–H and O–H groups in total. The fraction of sp³-hybridized carbons (Fsp3) is 0.412. The van der Waals surface area contributed by atoms with Crippen molar-refractivity contribution in [3.05, 3.63) is 41.1 Å². The van der Waals surface area contributed by atoms with Gasteiger partial charge >= 0.3 is 0 Å². The molecule has 1 heterocycles. The molecule has 2 amide bonds. The van der Waals surface area contributed by atoms with Crippen molar-refractivity contribution in [2.75, 3.05) is 26.7 Å². The highest BCUT2D eigenvalue weighted by Gasteiger charge is 2.39. The van der Waals surface area contributed by atoms with Crippen LogP contribution >= 0.6 is 0 Å². The van der Waals surface area contributed by atoms with Crippen LogP contribution in [0.15, 0.2) is 30.0 Å². The summed E-state index contributed by atoms with van der Waals surface area (Å²) in [6.07, 6.45) is 0.718. The number of aliphatic hydroxyl groups excluding tert-OH is 1. The molecular formula is C17H22N2O3. The van der Waals surface area contributed by atoms with Crippen LogP contribution in [-0.4, -0.2) is 53.5 Å². The van der Waals surface area contributed by atoms with Crippen LogP contribution in [0.1, 0.15) is 24.5 Å². The zero-order valence-corrected chi connectivity index (χ0v) is 13.3. The van der Waals surface area contributed by atoms with Crippen LogP contribution in [0.4, 0.5) is 0 Å². The standard InChI is InChI=1S/C17H22N2O3/c1-4-9-19-16(21)14(13-7-5-12(2)6-8-13)15(17(19)22)18(3)10-11-20/h5-8,20H,4,9-11H2,1-3H3. The molecule has 0 bridgehead atoms. The van der Waals surface area contributed by atoms with Gasteiger partial charge in [0, 0.05) is 20.1 Å². The largest absolute Gasteiger partial charge is 0.395 e. The van der Waals surface area contributed by atoms with Gasteiger partial charge in [0.2, 0.25) is 0 Å². The molecule has 1 aromatic carbocycles. The summed E-state index contributed by atoms with van der Waals surface area (Å²) < 4.78 is 0. The summed E-state index contributed by atoms with van der Waals surface area (Å²) in [5.74, 6) is -0.533. The first-order chi connectivity index (χ1) is 10.5. The van der Waals surface area contributed by atoms with Gasteiger partial charge in [0.25, 0.3) is 11.8 Å². The van der Waals surface area contributed by atoms with Crippen molar-refractivity contribution in [3.63, 3.8) is 0 Å². The third-order valence-corrected chi connectivity index (χ3v) is 3.75. The van der Waals surface area contributed by atoms with Crippen LogP contribution in [0.5, 0.6) is 0 Å². The number of imide groups is 1. The minimum atomic E-state index is -0.279. The number of likely N-dealkylation sites (N-methyl/N-ethyl adjacent to an activating group) is 1. The first-order valence-corrected chi connectivity index (χ1v) is 7.50. The smallest absolute Gasteiger partial charge is 0.277 e. The molecular weight excluding hydrogens is 280 g/mol. The van der Waals surface area contributed by atoms with Crippen LogP contribution < -0.4 is 0 Å². The first-order valence-electron chi connectivity index (χ1n) is 7.50. The average molecular weight is 302 g/mol. The Morgan fingerprint density at radius 3 is 2.32 bits per heavy atom. The van der Waals surface area contributed by atoms with E-state index in [0.29, 0.717) is 24.4 Å². The Bertz CT molecular complexity index is 605. The molecule has 0 saturated heterocycles. The van der Waals surface area contributed by atoms with Crippen molar-refractivity contribution < 1.29 is 14.7 Å². The minimum absolute atomic E-state index is 0.0730. The van der Waals surface area contributed by atoms with E-state index in [1.165, 1.54) is 4.90 Å². The number of benzene rings is 1. The van der Waals surface area contributed by atoms with Crippen LogP contribution in [0.3, 0.4) is 0 Å². The molecule has 118 valence electrons. The van der Waals surface area contributed by atoms with Gasteiger partial charge in [0.05, 0.1) is 12.2 Å². The Morgan fingerprint density at radius 1 is 1.14 bits per heavy atom. The number of hydrogen-bond donors (Lipinski definition) is 1. The number of carbonyl (C=O) groups excluding carboxylic acids is 2. The average Bonchev–Trinajstić information content (AvgIpc) is 2.73. The van der Waals surface area contributed by atoms with E-state index < -0.39 is 0 Å². The highest BCUT2D eigenvalue weighted by molar-refractivity contribution is 6.35. The van der Waals surface area contributed by atoms with Crippen molar-refractivity contribution in [1.82, 2.24) is 9.80 Å². The first kappa shape index (κ1) is 16.2. The Balaban J connectivity index is 2.52. The fourth-order valence-corrected chi connectivity index (χ4v) is 2.59. The number of hydrogen-bond acceptors (Lipinski definition) is 4. The van der Waals surface area contributed by atoms with E-state index in [4.69, 9.17) is 5.11 Å². The molecule has 5 heteroatoms. The summed E-state index contributed by atoms with van der Waals surface area (Å²) >= 11 is 0. The van der Waals surface area contributed by atoms with E-state index in [1.54, 1.807) is 11.9 Å². The van der Waals surface area contributed by atoms with Gasteiger partial charge in [-0.2, -0.15) is 0 Å². The molecule has 1 aromatic rings. The summed E-state index contributed by atoms with van der Waals surface area (Å²) in [5.41, 5.74) is 2.63. The lowest BCUT2D eigenvalue weighted by Gasteiger charge is -2.20. The van der Waals surface area contributed by atoms with Gasteiger partial charge < -0.3 is 10.0 Å². The quantitative estimate of drug-likeness (QED) is 0.807. The second-order valence-electron chi connectivity index (χ2n) is 5.50. The van der Waals surface area contributed by atoms with Gasteiger partial charge in [0.15, 0.2) is 0 Å². The predicted molar refractivity (Wildman–Crippen MR) is 84.8 cm³/mol. The molecule has 0 unspecified atom stereocenters. The Kier molecular flexibility index (Phi) is 4.98. The zero-order chi connectivity index (χ0) is 16.3. The second kappa shape index (κ2) is 6.75. The van der Waals surface area contributed by atoms with Crippen molar-refractivity contribution in [1.29, 1.82) is 0 Å². The molecule has 0 aromatic heterocycles. The van der Waals surface area contributed by atoms with E-state index in [2.05, 4.69) is 0 Å². The molecule has 0 spiro atoms. The SMILES string of the molecule is CCCN1C(=O)C(c2ccc(C)cc2)=C(N(C)CCO)C1=O. The van der Waals surface area contributed by atoms with Crippen LogP contribution in [0.25, 0.3) is 5.57 Å². The van der Waals surface area contributed by atoms with Crippen molar-refractivity contribution in [2.45, 2.75) is 20.3 Å². The lowest BCUT2D eigenvalue weighted by molar-refractivity contribution is -0.137. The monoisotopic (exact) mass is 302 g/mol. The molecule has 22 heavy (non-hydrogen) atoms. The summed E-state index contributed by atoms with van der Waals surface area (Å²) in [4.78, 5) is 28.2. The van der Waals surface area contributed by atoms with Gasteiger partial charge in [-0.25, -0.2) is 0 Å². The lowest BCUT2D eigenvalue weighted by Crippen LogP contribution is -2.35. The van der Waals surface area contributed by atoms with E-state index in [9.17, 15) is 9.59 Å². The van der Waals surface area contributed by atoms with Gasteiger partial charge in [-0.15, -0.1) is 0 Å². The van der Waals surface area contributed by atoms with Crippen LogP contribution in [0, 0.1) is 6.92 Å². The number of aliphatic hydroxyl groups is 1. The van der Waals surface area contributed by atoms with E-state index >= 15 is 0 Å². The molecule has 1 aliphatic rings. The van der Waals surface area contributed by atoms with E-state index in [1.807, 2.05) is 38.1 Å². The second-order valence-corrected chi connectivity index (χ2v) is 5.50. The fourth-order valence-electron chi connectivity index (χ4n) is 2.59. The number of amides is 2. The van der Waals surface area contributed by atoms with Gasteiger partial charge in [0.1, 0.15) is 5.70 Å². The lowest BCUT2D eigenvalue weighted by atomic mass is 10.0. The van der Waals surface area contributed by atoms with Gasteiger partial charge in [-0.05, 0) is 18.9 Å². The van der Waals surface area contributed by atoms with Gasteiger partial charge in [-0.3, -0.25) is 14.5 Å². The minimum Gasteiger partial charge on any atom is -0.395 e. The molecule has 0 atom stereocenters. The summed E-state index contributed by atoms with van der Waals surface area (Å²) in [7, 11) is 1.72. The third kappa shape index (κ3) is 2.90. The number of aryl methyl sites for hydroxylation is 1. The summed E-state index contributed by atoms with van der Waals surface area (Å²) in [5, 5.41) is 9.14. The topological polar surface area (TPSA) is 60.9 Å². The molecule has 5 nitrogen and oxygen atoms in total. The van der Waals surface area contributed by atoms with E-state index in [0.717, 1.165) is 17.5 Å². The van der Waals surface area contributed by atoms with Gasteiger partial charge in [-0.1, -0.05) is 36.8 Å². The Morgan fingerprint density at radius 2 is 1.77 bits per heavy atom.